The van der Waals surface area contributed by atoms with Crippen LogP contribution in [0.2, 0.25) is 0 Å². The second-order valence-corrected chi connectivity index (χ2v) is 7.73. The summed E-state index contributed by atoms with van der Waals surface area (Å²) < 4.78 is 5.65. The van der Waals surface area contributed by atoms with Crippen molar-refractivity contribution in [3.8, 4) is 0 Å². The zero-order valence-electron chi connectivity index (χ0n) is 13.6. The Morgan fingerprint density at radius 2 is 2.23 bits per heavy atom. The van der Waals surface area contributed by atoms with Crippen molar-refractivity contribution in [1.82, 2.24) is 15.5 Å². The standard InChI is InChI=1S/C17H29N3O2/c1-11-7-16(11)20-9-12(8-17(20)21)19-14-4-2-3-13(14)15-10-22-6-5-18-15/h11-16,18-19H,2-10H2,1H3. The number of amides is 1. The van der Waals surface area contributed by atoms with Crippen molar-refractivity contribution in [2.75, 3.05) is 26.3 Å². The minimum Gasteiger partial charge on any atom is -0.379 e. The molecule has 5 heteroatoms. The summed E-state index contributed by atoms with van der Waals surface area (Å²) in [4.78, 5) is 14.4. The van der Waals surface area contributed by atoms with Gasteiger partial charge in [-0.3, -0.25) is 4.79 Å². The normalized spacial score (nSPS) is 45.5. The number of nitrogens with zero attached hydrogens (tertiary/aromatic N) is 1. The van der Waals surface area contributed by atoms with Crippen LogP contribution in [0.15, 0.2) is 0 Å². The Bertz CT molecular complexity index is 424. The molecule has 2 saturated heterocycles. The summed E-state index contributed by atoms with van der Waals surface area (Å²) in [6.07, 6.45) is 5.72. The predicted octanol–water partition coefficient (Wildman–Crippen LogP) is 0.742. The van der Waals surface area contributed by atoms with Gasteiger partial charge in [0.2, 0.25) is 5.91 Å². The van der Waals surface area contributed by atoms with Crippen molar-refractivity contribution >= 4 is 5.91 Å². The van der Waals surface area contributed by atoms with E-state index in [1.54, 1.807) is 0 Å². The second kappa shape index (κ2) is 6.10. The lowest BCUT2D eigenvalue weighted by Crippen LogP contribution is -2.52. The molecule has 4 rings (SSSR count). The molecule has 2 aliphatic heterocycles. The van der Waals surface area contributed by atoms with Gasteiger partial charge in [-0.15, -0.1) is 0 Å². The number of hydrogen-bond acceptors (Lipinski definition) is 4. The van der Waals surface area contributed by atoms with Gasteiger partial charge in [-0.1, -0.05) is 13.3 Å². The van der Waals surface area contributed by atoms with E-state index in [0.29, 0.717) is 48.3 Å². The number of ether oxygens (including phenoxy) is 1. The summed E-state index contributed by atoms with van der Waals surface area (Å²) >= 11 is 0. The SMILES string of the molecule is CC1CC1N1CC(NC2CCCC2C2COCCN2)CC1=O. The molecule has 2 heterocycles. The van der Waals surface area contributed by atoms with Crippen molar-refractivity contribution in [2.24, 2.45) is 11.8 Å². The van der Waals surface area contributed by atoms with Gasteiger partial charge in [0.25, 0.3) is 0 Å². The lowest BCUT2D eigenvalue weighted by atomic mass is 9.93. The van der Waals surface area contributed by atoms with Gasteiger partial charge in [-0.05, 0) is 31.1 Å². The van der Waals surface area contributed by atoms with Gasteiger partial charge in [0.05, 0.1) is 13.2 Å². The fourth-order valence-corrected chi connectivity index (χ4v) is 4.74. The molecular weight excluding hydrogens is 278 g/mol. The highest BCUT2D eigenvalue weighted by molar-refractivity contribution is 5.80. The fourth-order valence-electron chi connectivity index (χ4n) is 4.74. The topological polar surface area (TPSA) is 53.6 Å². The number of nitrogens with one attached hydrogen (secondary N) is 2. The summed E-state index contributed by atoms with van der Waals surface area (Å²) in [5, 5.41) is 7.45. The van der Waals surface area contributed by atoms with Gasteiger partial charge in [-0.2, -0.15) is 0 Å². The Labute approximate surface area is 133 Å². The molecule has 0 aromatic carbocycles. The smallest absolute Gasteiger partial charge is 0.224 e. The lowest BCUT2D eigenvalue weighted by molar-refractivity contribution is -0.128. The van der Waals surface area contributed by atoms with Gasteiger partial charge < -0.3 is 20.3 Å². The molecule has 0 radical (unpaired) electrons. The molecule has 22 heavy (non-hydrogen) atoms. The first-order chi connectivity index (χ1) is 10.7. The van der Waals surface area contributed by atoms with Crippen molar-refractivity contribution < 1.29 is 9.53 Å². The zero-order chi connectivity index (χ0) is 15.1. The lowest BCUT2D eigenvalue weighted by Gasteiger charge is -2.34. The molecule has 6 unspecified atom stereocenters. The van der Waals surface area contributed by atoms with E-state index in [-0.39, 0.29) is 0 Å². The first-order valence-electron chi connectivity index (χ1n) is 9.09. The Morgan fingerprint density at radius 3 is 2.95 bits per heavy atom. The van der Waals surface area contributed by atoms with Crippen molar-refractivity contribution in [2.45, 2.75) is 63.2 Å². The molecule has 2 saturated carbocycles. The van der Waals surface area contributed by atoms with Gasteiger partial charge in [0.1, 0.15) is 0 Å². The third-order valence-corrected chi connectivity index (χ3v) is 6.11. The molecule has 0 aromatic rings. The molecule has 2 N–H and O–H groups in total. The Balaban J connectivity index is 1.33. The van der Waals surface area contributed by atoms with Crippen molar-refractivity contribution in [3.63, 3.8) is 0 Å². The highest BCUT2D eigenvalue weighted by atomic mass is 16.5. The van der Waals surface area contributed by atoms with Crippen LogP contribution in [0.5, 0.6) is 0 Å². The molecule has 2 aliphatic carbocycles. The minimum atomic E-state index is 0.357. The van der Waals surface area contributed by atoms with Crippen LogP contribution in [0.4, 0.5) is 0 Å². The van der Waals surface area contributed by atoms with Crippen LogP contribution in [0, 0.1) is 11.8 Å². The minimum absolute atomic E-state index is 0.357. The van der Waals surface area contributed by atoms with Crippen LogP contribution in [0.3, 0.4) is 0 Å². The first-order valence-corrected chi connectivity index (χ1v) is 9.09. The van der Waals surface area contributed by atoms with E-state index in [9.17, 15) is 4.79 Å². The van der Waals surface area contributed by atoms with E-state index >= 15 is 0 Å². The third-order valence-electron chi connectivity index (χ3n) is 6.11. The largest absolute Gasteiger partial charge is 0.379 e. The van der Waals surface area contributed by atoms with Crippen LogP contribution >= 0.6 is 0 Å². The highest BCUT2D eigenvalue weighted by Gasteiger charge is 2.45. The summed E-state index contributed by atoms with van der Waals surface area (Å²) in [7, 11) is 0. The highest BCUT2D eigenvalue weighted by Crippen LogP contribution is 2.38. The van der Waals surface area contributed by atoms with E-state index in [4.69, 9.17) is 4.74 Å². The average Bonchev–Trinajstić information content (AvgIpc) is 2.93. The molecule has 1 amide bonds. The maximum Gasteiger partial charge on any atom is 0.224 e. The van der Waals surface area contributed by atoms with E-state index in [1.165, 1.54) is 25.7 Å². The molecule has 6 atom stereocenters. The predicted molar refractivity (Wildman–Crippen MR) is 84.6 cm³/mol. The van der Waals surface area contributed by atoms with E-state index < -0.39 is 0 Å². The van der Waals surface area contributed by atoms with E-state index in [2.05, 4.69) is 22.5 Å². The maximum absolute atomic E-state index is 12.2. The summed E-state index contributed by atoms with van der Waals surface area (Å²) in [5.74, 6) is 1.73. The number of carbonyl (C=O) groups excluding carboxylic acids is 1. The molecule has 0 aromatic heterocycles. The number of hydrogen-bond donors (Lipinski definition) is 2. The van der Waals surface area contributed by atoms with Crippen LogP contribution in [-0.2, 0) is 9.53 Å². The van der Waals surface area contributed by atoms with Gasteiger partial charge in [-0.25, -0.2) is 0 Å². The molecule has 0 bridgehead atoms. The fraction of sp³-hybridized carbons (Fsp3) is 0.941. The van der Waals surface area contributed by atoms with Crippen molar-refractivity contribution in [1.29, 1.82) is 0 Å². The van der Waals surface area contributed by atoms with Gasteiger partial charge in [0.15, 0.2) is 0 Å². The van der Waals surface area contributed by atoms with E-state index in [1.807, 2.05) is 0 Å². The third kappa shape index (κ3) is 2.91. The van der Waals surface area contributed by atoms with Gasteiger partial charge in [0, 0.05) is 43.7 Å². The van der Waals surface area contributed by atoms with Crippen LogP contribution in [0.25, 0.3) is 0 Å². The Morgan fingerprint density at radius 1 is 1.36 bits per heavy atom. The molecule has 124 valence electrons. The molecule has 0 spiro atoms. The van der Waals surface area contributed by atoms with Crippen LogP contribution in [-0.4, -0.2) is 61.3 Å². The quantitative estimate of drug-likeness (QED) is 0.804. The van der Waals surface area contributed by atoms with Crippen molar-refractivity contribution in [3.05, 3.63) is 0 Å². The number of rotatable bonds is 4. The number of morpholine rings is 1. The molecule has 4 fully saturated rings. The van der Waals surface area contributed by atoms with Gasteiger partial charge >= 0.3 is 0 Å². The summed E-state index contributed by atoms with van der Waals surface area (Å²) in [6, 6.07) is 1.93. The Hall–Kier alpha value is -0.650. The average molecular weight is 307 g/mol. The van der Waals surface area contributed by atoms with Crippen LogP contribution in [0.1, 0.15) is 39.0 Å². The Kier molecular flexibility index (Phi) is 4.13. The van der Waals surface area contributed by atoms with E-state index in [0.717, 1.165) is 26.3 Å². The maximum atomic E-state index is 12.2. The second-order valence-electron chi connectivity index (χ2n) is 7.73. The zero-order valence-corrected chi connectivity index (χ0v) is 13.6. The molecule has 5 nitrogen and oxygen atoms in total. The first kappa shape index (κ1) is 14.9. The summed E-state index contributed by atoms with van der Waals surface area (Å²) in [5.41, 5.74) is 0. The number of carbonyl (C=O) groups is 1. The monoisotopic (exact) mass is 307 g/mol. The molecular formula is C17H29N3O2. The van der Waals surface area contributed by atoms with Crippen LogP contribution < -0.4 is 10.6 Å². The molecule has 4 aliphatic rings. The summed E-state index contributed by atoms with van der Waals surface area (Å²) in [6.45, 7) is 5.83. The number of likely N-dealkylation sites (tertiary alicyclic amines) is 1.